The number of nitrogens with one attached hydrogen (secondary N) is 1. The molecule has 118 valence electrons. The Bertz CT molecular complexity index is 246. The molecule has 0 aliphatic carbocycles. The summed E-state index contributed by atoms with van der Waals surface area (Å²) in [7, 11) is 0. The minimum atomic E-state index is -0.769. The molecular formula is C13H25NO6. The summed E-state index contributed by atoms with van der Waals surface area (Å²) in [4.78, 5) is 29.6. The molecule has 0 aromatic carbocycles. The Balaban J connectivity index is 3.22. The molecule has 7 nitrogen and oxygen atoms in total. The van der Waals surface area contributed by atoms with Crippen molar-refractivity contribution >= 4 is 11.9 Å². The van der Waals surface area contributed by atoms with E-state index >= 15 is 0 Å². The van der Waals surface area contributed by atoms with Crippen LogP contribution in [-0.4, -0.2) is 41.5 Å². The summed E-state index contributed by atoms with van der Waals surface area (Å²) in [6, 6.07) is 0. The van der Waals surface area contributed by atoms with Gasteiger partial charge in [-0.25, -0.2) is 4.79 Å². The van der Waals surface area contributed by atoms with Crippen LogP contribution in [0.2, 0.25) is 0 Å². The Morgan fingerprint density at radius 3 is 2.55 bits per heavy atom. The van der Waals surface area contributed by atoms with Crippen LogP contribution in [-0.2, 0) is 19.4 Å². The first-order chi connectivity index (χ1) is 9.52. The standard InChI is InChI=1S/C13H25NO6/c1-11(15)20-19-10-6-4-7-12(16)14-9-5-2-3-8-13(17)18/h12,14,16H,2-10H2,1H3,(H,17,18). The molecule has 0 amide bonds. The van der Waals surface area contributed by atoms with Crippen LogP contribution in [0.1, 0.15) is 51.9 Å². The molecule has 0 aromatic rings. The van der Waals surface area contributed by atoms with E-state index < -0.39 is 18.2 Å². The molecule has 1 unspecified atom stereocenters. The number of aliphatic hydroxyl groups is 1. The topological polar surface area (TPSA) is 105 Å². The third kappa shape index (κ3) is 14.9. The molecule has 0 aromatic heterocycles. The SMILES string of the molecule is CC(=O)OOCCCCC(O)NCCCCCC(=O)O. The zero-order valence-corrected chi connectivity index (χ0v) is 12.0. The molecule has 0 saturated carbocycles. The van der Waals surface area contributed by atoms with Crippen molar-refractivity contribution in [3.05, 3.63) is 0 Å². The van der Waals surface area contributed by atoms with E-state index in [1.165, 1.54) is 6.92 Å². The van der Waals surface area contributed by atoms with E-state index in [1.54, 1.807) is 0 Å². The molecule has 0 radical (unpaired) electrons. The minimum Gasteiger partial charge on any atom is -0.481 e. The predicted octanol–water partition coefficient (Wildman–Crippen LogP) is 1.20. The molecule has 0 heterocycles. The molecule has 0 spiro atoms. The average Bonchev–Trinajstić information content (AvgIpc) is 2.37. The third-order valence-electron chi connectivity index (χ3n) is 2.58. The van der Waals surface area contributed by atoms with Crippen molar-refractivity contribution in [3.8, 4) is 0 Å². The van der Waals surface area contributed by atoms with Crippen LogP contribution in [0.3, 0.4) is 0 Å². The van der Waals surface area contributed by atoms with Gasteiger partial charge in [-0.3, -0.25) is 15.0 Å². The van der Waals surface area contributed by atoms with Gasteiger partial charge >= 0.3 is 11.9 Å². The fourth-order valence-electron chi connectivity index (χ4n) is 1.57. The van der Waals surface area contributed by atoms with Gasteiger partial charge in [-0.05, 0) is 38.6 Å². The lowest BCUT2D eigenvalue weighted by Gasteiger charge is -2.12. The summed E-state index contributed by atoms with van der Waals surface area (Å²) in [5.41, 5.74) is 0. The molecule has 0 bridgehead atoms. The van der Waals surface area contributed by atoms with Gasteiger partial charge in [0.2, 0.25) is 0 Å². The van der Waals surface area contributed by atoms with Crippen LogP contribution >= 0.6 is 0 Å². The Morgan fingerprint density at radius 1 is 1.15 bits per heavy atom. The van der Waals surface area contributed by atoms with Crippen molar-refractivity contribution in [2.24, 2.45) is 0 Å². The fourth-order valence-corrected chi connectivity index (χ4v) is 1.57. The monoisotopic (exact) mass is 291 g/mol. The van der Waals surface area contributed by atoms with E-state index in [4.69, 9.17) is 5.11 Å². The summed E-state index contributed by atoms with van der Waals surface area (Å²) in [6.45, 7) is 2.26. The van der Waals surface area contributed by atoms with E-state index in [9.17, 15) is 14.7 Å². The normalized spacial score (nSPS) is 12.1. The first-order valence-corrected chi connectivity index (χ1v) is 6.95. The van der Waals surface area contributed by atoms with Gasteiger partial charge in [-0.15, -0.1) is 0 Å². The maximum Gasteiger partial charge on any atom is 0.339 e. The zero-order valence-electron chi connectivity index (χ0n) is 12.0. The average molecular weight is 291 g/mol. The summed E-state index contributed by atoms with van der Waals surface area (Å²) in [5.74, 6) is -1.25. The quantitative estimate of drug-likeness (QED) is 0.203. The summed E-state index contributed by atoms with van der Waals surface area (Å²) >= 11 is 0. The van der Waals surface area contributed by atoms with E-state index in [2.05, 4.69) is 15.1 Å². The molecule has 0 rings (SSSR count). The van der Waals surface area contributed by atoms with Gasteiger partial charge in [0, 0.05) is 13.3 Å². The van der Waals surface area contributed by atoms with Gasteiger partial charge in [0.1, 0.15) is 6.23 Å². The minimum absolute atomic E-state index is 0.199. The summed E-state index contributed by atoms with van der Waals surface area (Å²) in [6.07, 6.45) is 4.04. The van der Waals surface area contributed by atoms with Gasteiger partial charge in [0.05, 0.1) is 6.61 Å². The lowest BCUT2D eigenvalue weighted by atomic mass is 10.2. The van der Waals surface area contributed by atoms with Crippen LogP contribution in [0.15, 0.2) is 0 Å². The van der Waals surface area contributed by atoms with E-state index in [-0.39, 0.29) is 6.42 Å². The van der Waals surface area contributed by atoms with Crippen molar-refractivity contribution in [2.75, 3.05) is 13.2 Å². The molecule has 0 aliphatic heterocycles. The lowest BCUT2D eigenvalue weighted by molar-refractivity contribution is -0.270. The zero-order chi connectivity index (χ0) is 15.2. The lowest BCUT2D eigenvalue weighted by Crippen LogP contribution is -2.29. The Kier molecular flexibility index (Phi) is 12.1. The number of carboxylic acids is 1. The number of carbonyl (C=O) groups excluding carboxylic acids is 1. The largest absolute Gasteiger partial charge is 0.481 e. The number of carbonyl (C=O) groups is 2. The fraction of sp³-hybridized carbons (Fsp3) is 0.846. The second kappa shape index (κ2) is 12.8. The molecule has 20 heavy (non-hydrogen) atoms. The third-order valence-corrected chi connectivity index (χ3v) is 2.58. The van der Waals surface area contributed by atoms with Gasteiger partial charge in [0.15, 0.2) is 0 Å². The van der Waals surface area contributed by atoms with Gasteiger partial charge in [-0.1, -0.05) is 6.42 Å². The second-order valence-corrected chi connectivity index (χ2v) is 4.57. The summed E-state index contributed by atoms with van der Waals surface area (Å²) < 4.78 is 0. The smallest absolute Gasteiger partial charge is 0.339 e. The molecule has 0 fully saturated rings. The van der Waals surface area contributed by atoms with Crippen molar-refractivity contribution in [2.45, 2.75) is 58.1 Å². The highest BCUT2D eigenvalue weighted by molar-refractivity contribution is 5.66. The van der Waals surface area contributed by atoms with Gasteiger partial charge < -0.3 is 10.2 Å². The number of rotatable bonds is 13. The number of carboxylic acid groups (broad SMARTS) is 1. The number of aliphatic hydroxyl groups excluding tert-OH is 1. The van der Waals surface area contributed by atoms with Crippen LogP contribution in [0, 0.1) is 0 Å². The molecule has 7 heteroatoms. The number of aliphatic carboxylic acids is 1. The maximum atomic E-state index is 10.4. The van der Waals surface area contributed by atoms with Crippen LogP contribution in [0.25, 0.3) is 0 Å². The highest BCUT2D eigenvalue weighted by Gasteiger charge is 2.03. The van der Waals surface area contributed by atoms with Crippen LogP contribution in [0.4, 0.5) is 0 Å². The molecular weight excluding hydrogens is 266 g/mol. The number of hydrogen-bond donors (Lipinski definition) is 3. The van der Waals surface area contributed by atoms with Gasteiger partial charge in [-0.2, -0.15) is 4.89 Å². The van der Waals surface area contributed by atoms with Crippen molar-refractivity contribution in [1.82, 2.24) is 5.32 Å². The van der Waals surface area contributed by atoms with Crippen LogP contribution < -0.4 is 5.32 Å². The van der Waals surface area contributed by atoms with Crippen LogP contribution in [0.5, 0.6) is 0 Å². The van der Waals surface area contributed by atoms with E-state index in [1.807, 2.05) is 0 Å². The molecule has 0 aliphatic rings. The molecule has 3 N–H and O–H groups in total. The van der Waals surface area contributed by atoms with Crippen molar-refractivity contribution in [3.63, 3.8) is 0 Å². The van der Waals surface area contributed by atoms with Crippen molar-refractivity contribution in [1.29, 1.82) is 0 Å². The van der Waals surface area contributed by atoms with Crippen molar-refractivity contribution < 1.29 is 29.6 Å². The highest BCUT2D eigenvalue weighted by atomic mass is 17.2. The Hall–Kier alpha value is -1.18. The molecule has 1 atom stereocenters. The first kappa shape index (κ1) is 18.8. The maximum absolute atomic E-state index is 10.4. The predicted molar refractivity (Wildman–Crippen MR) is 71.7 cm³/mol. The Morgan fingerprint density at radius 2 is 1.90 bits per heavy atom. The Labute approximate surface area is 119 Å². The van der Waals surface area contributed by atoms with E-state index in [0.717, 1.165) is 19.3 Å². The van der Waals surface area contributed by atoms with E-state index in [0.29, 0.717) is 32.4 Å². The summed E-state index contributed by atoms with van der Waals surface area (Å²) in [5, 5.41) is 21.0. The second-order valence-electron chi connectivity index (χ2n) is 4.57. The number of unbranched alkanes of at least 4 members (excludes halogenated alkanes) is 3. The highest BCUT2D eigenvalue weighted by Crippen LogP contribution is 2.02. The number of hydrogen-bond acceptors (Lipinski definition) is 6. The molecule has 0 saturated heterocycles. The first-order valence-electron chi connectivity index (χ1n) is 6.95. The van der Waals surface area contributed by atoms with Gasteiger partial charge in [0.25, 0.3) is 0 Å².